The summed E-state index contributed by atoms with van der Waals surface area (Å²) in [6.45, 7) is 3.53. The average Bonchev–Trinajstić information content (AvgIpc) is 2.14. The summed E-state index contributed by atoms with van der Waals surface area (Å²) in [4.78, 5) is 15.2. The maximum absolute atomic E-state index is 10.9. The summed E-state index contributed by atoms with van der Waals surface area (Å²) in [6, 6.07) is 5.69. The Balaban J connectivity index is 2.83. The Kier molecular flexibility index (Phi) is 4.07. The van der Waals surface area contributed by atoms with E-state index in [4.69, 9.17) is 0 Å². The van der Waals surface area contributed by atoms with Crippen LogP contribution in [0.15, 0.2) is 22.8 Å². The normalized spacial score (nSPS) is 12.2. The highest BCUT2D eigenvalue weighted by Gasteiger charge is 2.11. The monoisotopic (exact) mass is 256 g/mol. The average molecular weight is 257 g/mol. The fourth-order valence-corrected chi connectivity index (χ4v) is 1.61. The van der Waals surface area contributed by atoms with Crippen LogP contribution in [0.1, 0.15) is 32.0 Å². The summed E-state index contributed by atoms with van der Waals surface area (Å²) in [5, 5.41) is 2.85. The quantitative estimate of drug-likeness (QED) is 0.845. The van der Waals surface area contributed by atoms with Crippen LogP contribution < -0.4 is 5.32 Å². The summed E-state index contributed by atoms with van der Waals surface area (Å²) in [6.07, 6.45) is 0.836. The van der Waals surface area contributed by atoms with Gasteiger partial charge in [-0.05, 0) is 34.5 Å². The van der Waals surface area contributed by atoms with E-state index < -0.39 is 0 Å². The number of pyridine rings is 1. The molecule has 76 valence electrons. The van der Waals surface area contributed by atoms with Crippen molar-refractivity contribution in [1.29, 1.82) is 0 Å². The second kappa shape index (κ2) is 5.10. The van der Waals surface area contributed by atoms with Gasteiger partial charge in [0.15, 0.2) is 0 Å². The van der Waals surface area contributed by atoms with Gasteiger partial charge in [-0.3, -0.25) is 4.79 Å². The predicted molar refractivity (Wildman–Crippen MR) is 58.8 cm³/mol. The molecule has 1 aromatic rings. The minimum absolute atomic E-state index is 0.00463. The van der Waals surface area contributed by atoms with Crippen molar-refractivity contribution in [2.45, 2.75) is 26.3 Å². The predicted octanol–water partition coefficient (Wildman–Crippen LogP) is 2.43. The molecule has 14 heavy (non-hydrogen) atoms. The van der Waals surface area contributed by atoms with Gasteiger partial charge in [0, 0.05) is 6.92 Å². The molecule has 3 nitrogen and oxygen atoms in total. The number of aromatic nitrogens is 1. The standard InChI is InChI=1S/C10H13BrN2O/c1-3-8(12-7(2)14)9-5-4-6-10(11)13-9/h4-6,8H,3H2,1-2H3,(H,12,14). The van der Waals surface area contributed by atoms with Gasteiger partial charge in [0.25, 0.3) is 0 Å². The molecule has 0 spiro atoms. The van der Waals surface area contributed by atoms with Crippen LogP contribution in [-0.2, 0) is 4.79 Å². The van der Waals surface area contributed by atoms with E-state index in [1.165, 1.54) is 6.92 Å². The zero-order valence-electron chi connectivity index (χ0n) is 8.25. The van der Waals surface area contributed by atoms with Crippen LogP contribution in [0.3, 0.4) is 0 Å². The maximum atomic E-state index is 10.9. The Morgan fingerprint density at radius 3 is 2.86 bits per heavy atom. The van der Waals surface area contributed by atoms with Crippen molar-refractivity contribution in [3.8, 4) is 0 Å². The van der Waals surface area contributed by atoms with Gasteiger partial charge in [-0.15, -0.1) is 0 Å². The zero-order valence-corrected chi connectivity index (χ0v) is 9.84. The molecule has 4 heteroatoms. The molecular formula is C10H13BrN2O. The van der Waals surface area contributed by atoms with Crippen molar-refractivity contribution in [1.82, 2.24) is 10.3 Å². The molecule has 1 atom stereocenters. The summed E-state index contributed by atoms with van der Waals surface area (Å²) in [7, 11) is 0. The smallest absolute Gasteiger partial charge is 0.217 e. The molecule has 0 fully saturated rings. The van der Waals surface area contributed by atoms with Gasteiger partial charge in [-0.1, -0.05) is 13.0 Å². The lowest BCUT2D eigenvalue weighted by molar-refractivity contribution is -0.119. The Labute approximate surface area is 92.1 Å². The van der Waals surface area contributed by atoms with E-state index in [1.807, 2.05) is 25.1 Å². The third-order valence-electron chi connectivity index (χ3n) is 1.88. The van der Waals surface area contributed by atoms with Gasteiger partial charge in [0.2, 0.25) is 5.91 Å². The first kappa shape index (κ1) is 11.2. The molecular weight excluding hydrogens is 244 g/mol. The Hall–Kier alpha value is -0.900. The van der Waals surface area contributed by atoms with Crippen LogP contribution in [0.5, 0.6) is 0 Å². The lowest BCUT2D eigenvalue weighted by Crippen LogP contribution is -2.26. The van der Waals surface area contributed by atoms with Gasteiger partial charge in [-0.25, -0.2) is 4.98 Å². The van der Waals surface area contributed by atoms with Crippen molar-refractivity contribution in [3.63, 3.8) is 0 Å². The van der Waals surface area contributed by atoms with Crippen LogP contribution in [-0.4, -0.2) is 10.9 Å². The SMILES string of the molecule is CCC(NC(C)=O)c1cccc(Br)n1. The fraction of sp³-hybridized carbons (Fsp3) is 0.400. The first-order valence-corrected chi connectivity index (χ1v) is 5.32. The Bertz CT molecular complexity index is 328. The Morgan fingerprint density at radius 1 is 1.64 bits per heavy atom. The summed E-state index contributed by atoms with van der Waals surface area (Å²) in [5.74, 6) is -0.0291. The van der Waals surface area contributed by atoms with Crippen molar-refractivity contribution >= 4 is 21.8 Å². The minimum atomic E-state index is -0.0291. The van der Waals surface area contributed by atoms with Crippen LogP contribution in [0.2, 0.25) is 0 Å². The molecule has 0 saturated heterocycles. The zero-order chi connectivity index (χ0) is 10.6. The van der Waals surface area contributed by atoms with E-state index in [0.717, 1.165) is 16.7 Å². The maximum Gasteiger partial charge on any atom is 0.217 e. The fourth-order valence-electron chi connectivity index (χ4n) is 1.25. The first-order chi connectivity index (χ1) is 6.63. The number of hydrogen-bond acceptors (Lipinski definition) is 2. The van der Waals surface area contributed by atoms with E-state index in [0.29, 0.717) is 0 Å². The molecule has 1 aromatic heterocycles. The second-order valence-electron chi connectivity index (χ2n) is 3.05. The molecule has 1 N–H and O–H groups in total. The highest BCUT2D eigenvalue weighted by Crippen LogP contribution is 2.16. The number of carbonyl (C=O) groups is 1. The van der Waals surface area contributed by atoms with Gasteiger partial charge in [-0.2, -0.15) is 0 Å². The van der Waals surface area contributed by atoms with E-state index in [9.17, 15) is 4.79 Å². The number of nitrogens with one attached hydrogen (secondary N) is 1. The largest absolute Gasteiger partial charge is 0.348 e. The van der Waals surface area contributed by atoms with E-state index in [2.05, 4.69) is 26.2 Å². The van der Waals surface area contributed by atoms with E-state index >= 15 is 0 Å². The highest BCUT2D eigenvalue weighted by atomic mass is 79.9. The second-order valence-corrected chi connectivity index (χ2v) is 3.86. The topological polar surface area (TPSA) is 42.0 Å². The Morgan fingerprint density at radius 2 is 2.36 bits per heavy atom. The molecule has 0 aliphatic heterocycles. The number of halogens is 1. The third kappa shape index (κ3) is 3.10. The van der Waals surface area contributed by atoms with Gasteiger partial charge >= 0.3 is 0 Å². The molecule has 0 bridgehead atoms. The molecule has 0 saturated carbocycles. The summed E-state index contributed by atoms with van der Waals surface area (Å²) in [5.41, 5.74) is 0.886. The molecule has 0 aromatic carbocycles. The molecule has 1 heterocycles. The van der Waals surface area contributed by atoms with Crippen LogP contribution in [0, 0.1) is 0 Å². The lowest BCUT2D eigenvalue weighted by Gasteiger charge is -2.15. The lowest BCUT2D eigenvalue weighted by atomic mass is 10.1. The first-order valence-electron chi connectivity index (χ1n) is 4.53. The van der Waals surface area contributed by atoms with Crippen molar-refractivity contribution < 1.29 is 4.79 Å². The van der Waals surface area contributed by atoms with Crippen molar-refractivity contribution in [2.24, 2.45) is 0 Å². The van der Waals surface area contributed by atoms with Crippen LogP contribution in [0.4, 0.5) is 0 Å². The van der Waals surface area contributed by atoms with E-state index in [1.54, 1.807) is 0 Å². The molecule has 1 unspecified atom stereocenters. The number of hydrogen-bond donors (Lipinski definition) is 1. The van der Waals surface area contributed by atoms with Crippen molar-refractivity contribution in [2.75, 3.05) is 0 Å². The number of carbonyl (C=O) groups excluding carboxylic acids is 1. The number of nitrogens with zero attached hydrogens (tertiary/aromatic N) is 1. The highest BCUT2D eigenvalue weighted by molar-refractivity contribution is 9.10. The van der Waals surface area contributed by atoms with Gasteiger partial charge < -0.3 is 5.32 Å². The third-order valence-corrected chi connectivity index (χ3v) is 2.32. The minimum Gasteiger partial charge on any atom is -0.348 e. The molecule has 1 rings (SSSR count). The van der Waals surface area contributed by atoms with Crippen LogP contribution in [0.25, 0.3) is 0 Å². The molecule has 0 aliphatic rings. The molecule has 1 amide bonds. The number of rotatable bonds is 3. The van der Waals surface area contributed by atoms with Gasteiger partial charge in [0.05, 0.1) is 11.7 Å². The van der Waals surface area contributed by atoms with Crippen molar-refractivity contribution in [3.05, 3.63) is 28.5 Å². The summed E-state index contributed by atoms with van der Waals surface area (Å²) < 4.78 is 0.791. The summed E-state index contributed by atoms with van der Waals surface area (Å²) >= 11 is 3.30. The van der Waals surface area contributed by atoms with Crippen LogP contribution >= 0.6 is 15.9 Å². The molecule has 0 aliphatic carbocycles. The van der Waals surface area contributed by atoms with E-state index in [-0.39, 0.29) is 11.9 Å². The molecule has 0 radical (unpaired) electrons. The number of amides is 1. The van der Waals surface area contributed by atoms with Gasteiger partial charge in [0.1, 0.15) is 4.60 Å².